The molecule has 0 aromatic rings. The molecule has 0 aromatic carbocycles. The zero-order chi connectivity index (χ0) is 0. The topological polar surface area (TPSA) is 0 Å². The van der Waals surface area contributed by atoms with Crippen LogP contribution in [0, 0.1) is 41.7 Å². The molecule has 8 heteroatoms. The molecule has 0 unspecified atom stereocenters. The molecule has 0 aliphatic carbocycles. The number of rotatable bonds is 0. The Kier molecular flexibility index (Phi) is 773. The number of halogens is 5. The van der Waals surface area contributed by atoms with Crippen LogP contribution in [0.1, 0.15) is 0 Å². The van der Waals surface area contributed by atoms with Gasteiger partial charge in [0.25, 0.3) is 0 Å². The second-order valence-corrected chi connectivity index (χ2v) is 0. The first-order chi connectivity index (χ1) is 0. The van der Waals surface area contributed by atoms with Crippen LogP contribution in [-0.4, -0.2) is 0 Å². The van der Waals surface area contributed by atoms with E-state index < -0.39 is 0 Å². The Bertz CT molecular complexity index is 10.4. The van der Waals surface area contributed by atoms with E-state index in [1.165, 1.54) is 0 Å². The number of hydrogen-bond acceptors (Lipinski definition) is 0. The second-order valence-electron chi connectivity index (χ2n) is 0. The summed E-state index contributed by atoms with van der Waals surface area (Å²) in [6, 6.07) is 0. The molecule has 0 aliphatic heterocycles. The standard InChI is InChI=1S/Ce.5ClH.2Li/h;5*1H;;/q+3;;;;;;2*+1/p-5. The van der Waals surface area contributed by atoms with E-state index in [0.29, 0.717) is 0 Å². The Balaban J connectivity index is 0. The van der Waals surface area contributed by atoms with Crippen molar-refractivity contribution in [1.29, 1.82) is 0 Å². The average Bonchev–Trinajstić information content (AvgIpc) is 0. The van der Waals surface area contributed by atoms with Crippen LogP contribution in [0.4, 0.5) is 0 Å². The Hall–Kier alpha value is 4.02. The third kappa shape index (κ3) is 50.4. The molecular formula is CeCl5Li2. The molecule has 0 spiro atoms. The molecule has 0 fully saturated rings. The Morgan fingerprint density at radius 3 is 0.375 bits per heavy atom. The zero-order valence-corrected chi connectivity index (χ0v) is 11.3. The van der Waals surface area contributed by atoms with Crippen molar-refractivity contribution in [2.75, 3.05) is 0 Å². The predicted molar refractivity (Wildman–Crippen MR) is 0 cm³/mol. The summed E-state index contributed by atoms with van der Waals surface area (Å²) in [7, 11) is 0. The minimum absolute atomic E-state index is 0. The van der Waals surface area contributed by atoms with Crippen LogP contribution in [0.25, 0.3) is 0 Å². The molecule has 0 amide bonds. The number of hydrogen-bond donors (Lipinski definition) is 0. The van der Waals surface area contributed by atoms with Crippen molar-refractivity contribution < 1.29 is 142 Å². The first-order valence-electron chi connectivity index (χ1n) is 0. The summed E-state index contributed by atoms with van der Waals surface area (Å²) < 4.78 is 0. The fourth-order valence-electron chi connectivity index (χ4n) is 0. The molecule has 0 N–H and O–H groups in total. The zero-order valence-electron chi connectivity index (χ0n) is 4.39. The second kappa shape index (κ2) is 68.4. The minimum Gasteiger partial charge on any atom is -1.00 e. The van der Waals surface area contributed by atoms with Gasteiger partial charge >= 0.3 is 79.5 Å². The van der Waals surface area contributed by atoms with Gasteiger partial charge in [-0.15, -0.1) is 0 Å². The minimum atomic E-state index is 0. The van der Waals surface area contributed by atoms with E-state index in [-0.39, 0.29) is 142 Å². The van der Waals surface area contributed by atoms with E-state index in [0.717, 1.165) is 0 Å². The molecule has 0 saturated heterocycles. The van der Waals surface area contributed by atoms with Crippen molar-refractivity contribution >= 4 is 0 Å². The summed E-state index contributed by atoms with van der Waals surface area (Å²) >= 11 is 0. The Labute approximate surface area is 139 Å². The normalized spacial score (nSPS) is 0. The van der Waals surface area contributed by atoms with E-state index in [1.54, 1.807) is 0 Å². The maximum absolute atomic E-state index is 0. The molecule has 1 radical (unpaired) electrons. The van der Waals surface area contributed by atoms with Crippen LogP contribution in [-0.2, 0) is 0 Å². The summed E-state index contributed by atoms with van der Waals surface area (Å²) in [6.07, 6.45) is 0. The van der Waals surface area contributed by atoms with Gasteiger partial charge in [-0.05, 0) is 0 Å². The van der Waals surface area contributed by atoms with E-state index in [2.05, 4.69) is 0 Å². The van der Waals surface area contributed by atoms with Gasteiger partial charge < -0.3 is 62.0 Å². The fraction of sp³-hybridized carbons (Fsp3) is 0. The van der Waals surface area contributed by atoms with Gasteiger partial charge in [-0.3, -0.25) is 0 Å². The van der Waals surface area contributed by atoms with Crippen molar-refractivity contribution in [3.05, 3.63) is 0 Å². The van der Waals surface area contributed by atoms with Crippen molar-refractivity contribution in [2.45, 2.75) is 0 Å². The SMILES string of the molecule is [Ce+3].[Cl-].[Cl-].[Cl-].[Cl-].[Cl-].[Li+].[Li+]. The summed E-state index contributed by atoms with van der Waals surface area (Å²) in [5.74, 6) is 0. The molecule has 0 nitrogen and oxygen atoms in total. The van der Waals surface area contributed by atoms with Gasteiger partial charge in [-0.1, -0.05) is 0 Å². The molecule has 0 bridgehead atoms. The Morgan fingerprint density at radius 2 is 0.375 bits per heavy atom. The molecule has 0 heterocycles. The van der Waals surface area contributed by atoms with Gasteiger partial charge in [0, 0.05) is 0 Å². The van der Waals surface area contributed by atoms with Crippen LogP contribution in [0.5, 0.6) is 0 Å². The maximum atomic E-state index is 0. The van der Waals surface area contributed by atoms with Crippen molar-refractivity contribution in [3.63, 3.8) is 0 Å². The van der Waals surface area contributed by atoms with Crippen molar-refractivity contribution in [3.8, 4) is 0 Å². The molecule has 0 atom stereocenters. The largest absolute Gasteiger partial charge is 3.00 e. The Morgan fingerprint density at radius 1 is 0.375 bits per heavy atom. The first kappa shape index (κ1) is 90.3. The summed E-state index contributed by atoms with van der Waals surface area (Å²) in [5.41, 5.74) is 0. The van der Waals surface area contributed by atoms with Gasteiger partial charge in [0.05, 0.1) is 0 Å². The van der Waals surface area contributed by atoms with Crippen LogP contribution >= 0.6 is 0 Å². The van der Waals surface area contributed by atoms with Gasteiger partial charge in [-0.25, -0.2) is 0 Å². The molecule has 0 aromatic heterocycles. The monoisotopic (exact) mass is 329 g/mol. The van der Waals surface area contributed by atoms with Crippen LogP contribution in [0.3, 0.4) is 0 Å². The van der Waals surface area contributed by atoms with Crippen molar-refractivity contribution in [2.24, 2.45) is 0 Å². The summed E-state index contributed by atoms with van der Waals surface area (Å²) in [4.78, 5) is 0. The summed E-state index contributed by atoms with van der Waals surface area (Å²) in [6.45, 7) is 0. The smallest absolute Gasteiger partial charge is 1.00 e. The first-order valence-corrected chi connectivity index (χ1v) is 0. The van der Waals surface area contributed by atoms with Gasteiger partial charge in [0.15, 0.2) is 0 Å². The van der Waals surface area contributed by atoms with E-state index in [4.69, 9.17) is 0 Å². The van der Waals surface area contributed by atoms with E-state index in [9.17, 15) is 0 Å². The molecule has 0 rings (SSSR count). The fourth-order valence-corrected chi connectivity index (χ4v) is 0. The molecule has 41 valence electrons. The predicted octanol–water partition coefficient (Wildman–Crippen LogP) is -21.0. The molecular weight excluding hydrogens is 331 g/mol. The van der Waals surface area contributed by atoms with Gasteiger partial charge in [-0.2, -0.15) is 0 Å². The van der Waals surface area contributed by atoms with E-state index in [1.807, 2.05) is 0 Å². The van der Waals surface area contributed by atoms with Crippen molar-refractivity contribution in [1.82, 2.24) is 0 Å². The molecule has 0 saturated carbocycles. The third-order valence-electron chi connectivity index (χ3n) is 0. The quantitative estimate of drug-likeness (QED) is 0.387. The molecule has 8 heavy (non-hydrogen) atoms. The summed E-state index contributed by atoms with van der Waals surface area (Å²) in [5, 5.41) is 0. The van der Waals surface area contributed by atoms with Crippen LogP contribution in [0.15, 0.2) is 0 Å². The van der Waals surface area contributed by atoms with Crippen LogP contribution in [0.2, 0.25) is 0 Å². The van der Waals surface area contributed by atoms with Gasteiger partial charge in [0.1, 0.15) is 0 Å². The third-order valence-corrected chi connectivity index (χ3v) is 0. The van der Waals surface area contributed by atoms with E-state index >= 15 is 0 Å². The molecule has 0 aliphatic rings. The van der Waals surface area contributed by atoms with Crippen LogP contribution < -0.4 is 99.8 Å². The van der Waals surface area contributed by atoms with Gasteiger partial charge in [0.2, 0.25) is 0 Å². The maximum Gasteiger partial charge on any atom is 3.00 e. The average molecular weight is 331 g/mol.